The molecule has 0 unspecified atom stereocenters. The second-order valence-electron chi connectivity index (χ2n) is 7.07. The van der Waals surface area contributed by atoms with E-state index in [1.54, 1.807) is 57.4 Å². The molecule has 4 aromatic rings. The van der Waals surface area contributed by atoms with E-state index in [-0.39, 0.29) is 11.7 Å². The first kappa shape index (κ1) is 23.7. The number of aromatic nitrogens is 2. The number of carbonyl (C=O) groups is 1. The summed E-state index contributed by atoms with van der Waals surface area (Å²) < 4.78 is 27.0. The van der Waals surface area contributed by atoms with Crippen LogP contribution in [0.1, 0.15) is 27.4 Å². The van der Waals surface area contributed by atoms with E-state index in [9.17, 15) is 4.79 Å². The number of anilines is 1. The molecule has 0 spiro atoms. The third kappa shape index (κ3) is 5.70. The average Bonchev–Trinajstić information content (AvgIpc) is 3.53. The number of furan rings is 1. The molecule has 2 heterocycles. The Kier molecular flexibility index (Phi) is 7.71. The van der Waals surface area contributed by atoms with Gasteiger partial charge < -0.3 is 18.6 Å². The minimum atomic E-state index is -0.419. The van der Waals surface area contributed by atoms with Crippen LogP contribution in [-0.4, -0.2) is 36.6 Å². The van der Waals surface area contributed by atoms with Crippen LogP contribution in [0, 0.1) is 0 Å². The normalized spacial score (nSPS) is 10.7. The molecule has 0 saturated heterocycles. The lowest BCUT2D eigenvalue weighted by Crippen LogP contribution is -2.11. The second-order valence-corrected chi connectivity index (χ2v) is 9.04. The fourth-order valence-electron chi connectivity index (χ4n) is 3.22. The van der Waals surface area contributed by atoms with Gasteiger partial charge in [0, 0.05) is 29.9 Å². The summed E-state index contributed by atoms with van der Waals surface area (Å²) in [4.78, 5) is 17.0. The molecule has 0 radical (unpaired) electrons. The first-order valence-electron chi connectivity index (χ1n) is 10.3. The van der Waals surface area contributed by atoms with Crippen molar-refractivity contribution in [3.63, 3.8) is 0 Å². The van der Waals surface area contributed by atoms with Crippen LogP contribution in [0.25, 0.3) is 0 Å². The Morgan fingerprint density at radius 3 is 2.44 bits per heavy atom. The van der Waals surface area contributed by atoms with Gasteiger partial charge in [-0.15, -0.1) is 0 Å². The molecule has 0 bridgehead atoms. The van der Waals surface area contributed by atoms with Crippen LogP contribution in [0.2, 0.25) is 0 Å². The van der Waals surface area contributed by atoms with Crippen LogP contribution >= 0.6 is 23.3 Å². The first-order chi connectivity index (χ1) is 16.6. The highest BCUT2D eigenvalue weighted by molar-refractivity contribution is 8.00. The molecule has 10 heteroatoms. The number of nitrogens with one attached hydrogen (secondary N) is 1. The Hall–Kier alpha value is -3.50. The molecule has 0 aliphatic rings. The summed E-state index contributed by atoms with van der Waals surface area (Å²) in [7, 11) is 4.73. The van der Waals surface area contributed by atoms with Crippen LogP contribution in [0.15, 0.2) is 63.4 Å². The van der Waals surface area contributed by atoms with E-state index < -0.39 is 5.91 Å². The van der Waals surface area contributed by atoms with E-state index in [1.807, 2.05) is 18.2 Å². The predicted molar refractivity (Wildman–Crippen MR) is 131 cm³/mol. The van der Waals surface area contributed by atoms with Crippen molar-refractivity contribution in [1.29, 1.82) is 0 Å². The van der Waals surface area contributed by atoms with E-state index >= 15 is 0 Å². The van der Waals surface area contributed by atoms with Gasteiger partial charge in [-0.05, 0) is 29.2 Å². The average molecular weight is 498 g/mol. The number of methoxy groups -OCH3 is 3. The fourth-order valence-corrected chi connectivity index (χ4v) is 4.73. The highest BCUT2D eigenvalue weighted by Crippen LogP contribution is 2.36. The molecule has 0 fully saturated rings. The third-order valence-corrected chi connectivity index (χ3v) is 6.80. The molecule has 0 aliphatic carbocycles. The number of benzene rings is 2. The molecule has 34 heavy (non-hydrogen) atoms. The van der Waals surface area contributed by atoms with Crippen molar-refractivity contribution >= 4 is 35.1 Å². The summed E-state index contributed by atoms with van der Waals surface area (Å²) in [6, 6.07) is 17.0. The van der Waals surface area contributed by atoms with Gasteiger partial charge >= 0.3 is 0 Å². The van der Waals surface area contributed by atoms with Crippen LogP contribution in [0.4, 0.5) is 5.95 Å². The molecule has 1 amide bonds. The Morgan fingerprint density at radius 2 is 1.76 bits per heavy atom. The Morgan fingerprint density at radius 1 is 1.03 bits per heavy atom. The summed E-state index contributed by atoms with van der Waals surface area (Å²) in [6.45, 7) is 0. The number of hydrogen-bond acceptors (Lipinski definition) is 9. The number of ether oxygens (including phenoxy) is 3. The molecule has 1 N–H and O–H groups in total. The molecule has 176 valence electrons. The maximum atomic E-state index is 12.6. The van der Waals surface area contributed by atoms with Gasteiger partial charge in [-0.25, -0.2) is 0 Å². The largest absolute Gasteiger partial charge is 0.496 e. The van der Waals surface area contributed by atoms with Crippen LogP contribution in [0.3, 0.4) is 0 Å². The van der Waals surface area contributed by atoms with Crippen molar-refractivity contribution < 1.29 is 23.4 Å². The Labute approximate surface area is 205 Å². The van der Waals surface area contributed by atoms with Crippen molar-refractivity contribution in [3.05, 3.63) is 77.2 Å². The molecular formula is C24H23N3O5S2. The fraction of sp³-hybridized carbons (Fsp3) is 0.208. The van der Waals surface area contributed by atoms with Crippen LogP contribution in [-0.2, 0) is 12.2 Å². The predicted octanol–water partition coefficient (Wildman–Crippen LogP) is 5.29. The highest BCUT2D eigenvalue weighted by atomic mass is 32.2. The monoisotopic (exact) mass is 497 g/mol. The molecular weight excluding hydrogens is 474 g/mol. The summed E-state index contributed by atoms with van der Waals surface area (Å²) >= 11 is 2.81. The number of amides is 1. The Bertz CT molecular complexity index is 1230. The lowest BCUT2D eigenvalue weighted by Gasteiger charge is -2.14. The van der Waals surface area contributed by atoms with Gasteiger partial charge in [-0.3, -0.25) is 10.1 Å². The van der Waals surface area contributed by atoms with Crippen molar-refractivity contribution in [3.8, 4) is 17.2 Å². The van der Waals surface area contributed by atoms with Crippen molar-refractivity contribution in [2.45, 2.75) is 16.5 Å². The van der Waals surface area contributed by atoms with E-state index in [0.717, 1.165) is 15.7 Å². The van der Waals surface area contributed by atoms with Gasteiger partial charge in [0.05, 0.1) is 21.3 Å². The zero-order chi connectivity index (χ0) is 23.9. The summed E-state index contributed by atoms with van der Waals surface area (Å²) in [6.07, 6.45) is 0.374. The SMILES string of the molecule is COc1cc(OC)c(Cc2ccc(C(=O)Nc3nsc(SCc4ccccc4)n3)o2)c(OC)c1. The van der Waals surface area contributed by atoms with E-state index in [2.05, 4.69) is 26.8 Å². The minimum Gasteiger partial charge on any atom is -0.496 e. The zero-order valence-electron chi connectivity index (χ0n) is 18.9. The maximum Gasteiger partial charge on any atom is 0.293 e. The number of carbonyl (C=O) groups excluding carboxylic acids is 1. The molecule has 2 aromatic carbocycles. The molecule has 4 rings (SSSR count). The number of nitrogens with zero attached hydrogens (tertiary/aromatic N) is 2. The summed E-state index contributed by atoms with van der Waals surface area (Å²) in [5.41, 5.74) is 1.98. The number of rotatable bonds is 10. The smallest absolute Gasteiger partial charge is 0.293 e. The van der Waals surface area contributed by atoms with Gasteiger partial charge in [0.2, 0.25) is 5.95 Å². The minimum absolute atomic E-state index is 0.162. The topological polar surface area (TPSA) is 95.7 Å². The first-order valence-corrected chi connectivity index (χ1v) is 12.0. The third-order valence-electron chi connectivity index (χ3n) is 4.89. The van der Waals surface area contributed by atoms with Gasteiger partial charge in [0.25, 0.3) is 5.91 Å². The van der Waals surface area contributed by atoms with Crippen molar-refractivity contribution in [2.75, 3.05) is 26.6 Å². The van der Waals surface area contributed by atoms with Gasteiger partial charge in [0.1, 0.15) is 23.0 Å². The standard InChI is InChI=1S/C24H23N3O5S2/c1-29-17-12-20(30-2)18(21(13-17)31-3)11-16-9-10-19(32-16)22(28)25-23-26-24(34-27-23)33-14-15-7-5-4-6-8-15/h4-10,12-13H,11,14H2,1-3H3,(H,25,27,28). The van der Waals surface area contributed by atoms with Gasteiger partial charge in [-0.1, -0.05) is 42.1 Å². The molecule has 0 atom stereocenters. The van der Waals surface area contributed by atoms with Gasteiger partial charge in [-0.2, -0.15) is 9.36 Å². The Balaban J connectivity index is 1.40. The van der Waals surface area contributed by atoms with E-state index in [0.29, 0.717) is 29.4 Å². The molecule has 0 saturated carbocycles. The summed E-state index contributed by atoms with van der Waals surface area (Å²) in [5.74, 6) is 3.18. The second kappa shape index (κ2) is 11.1. The van der Waals surface area contributed by atoms with E-state index in [4.69, 9.17) is 18.6 Å². The molecule has 0 aliphatic heterocycles. The lowest BCUT2D eigenvalue weighted by molar-refractivity contribution is 0.0994. The molecule has 8 nitrogen and oxygen atoms in total. The van der Waals surface area contributed by atoms with E-state index in [1.165, 1.54) is 17.1 Å². The van der Waals surface area contributed by atoms with Crippen LogP contribution < -0.4 is 19.5 Å². The quantitative estimate of drug-likeness (QED) is 0.295. The van der Waals surface area contributed by atoms with Crippen molar-refractivity contribution in [1.82, 2.24) is 9.36 Å². The number of hydrogen-bond donors (Lipinski definition) is 1. The zero-order valence-corrected chi connectivity index (χ0v) is 20.5. The van der Waals surface area contributed by atoms with Crippen molar-refractivity contribution in [2.24, 2.45) is 0 Å². The number of thioether (sulfide) groups is 1. The lowest BCUT2D eigenvalue weighted by atomic mass is 10.1. The summed E-state index contributed by atoms with van der Waals surface area (Å²) in [5, 5.41) is 2.69. The van der Waals surface area contributed by atoms with Crippen LogP contribution in [0.5, 0.6) is 17.2 Å². The highest BCUT2D eigenvalue weighted by Gasteiger charge is 2.18. The maximum absolute atomic E-state index is 12.6. The van der Waals surface area contributed by atoms with Gasteiger partial charge in [0.15, 0.2) is 10.1 Å². The molecule has 2 aromatic heterocycles.